The molecular formula is C17H13N5O5S. The van der Waals surface area contributed by atoms with Gasteiger partial charge in [0.05, 0.1) is 4.92 Å². The van der Waals surface area contributed by atoms with Crippen LogP contribution in [0.5, 0.6) is 0 Å². The average molecular weight is 399 g/mol. The Hall–Kier alpha value is -3.78. The molecule has 0 bridgehead atoms. The number of anilines is 1. The lowest BCUT2D eigenvalue weighted by atomic mass is 10.2. The first-order valence-corrected chi connectivity index (χ1v) is 8.84. The number of carbonyl (C=O) groups excluding carboxylic acids is 1. The van der Waals surface area contributed by atoms with Crippen LogP contribution in [-0.4, -0.2) is 21.0 Å². The third-order valence-electron chi connectivity index (χ3n) is 3.58. The van der Waals surface area contributed by atoms with E-state index in [0.717, 1.165) is 5.01 Å². The molecule has 28 heavy (non-hydrogen) atoms. The summed E-state index contributed by atoms with van der Waals surface area (Å²) in [6.07, 6.45) is 2.00. The number of hydrogen-bond acceptors (Lipinski definition) is 9. The second kappa shape index (κ2) is 8.28. The molecule has 142 valence electrons. The van der Waals surface area contributed by atoms with Crippen LogP contribution in [0.1, 0.15) is 23.8 Å². The molecule has 1 aromatic heterocycles. The second-order valence-corrected chi connectivity index (χ2v) is 6.46. The molecule has 2 aromatic rings. The van der Waals surface area contributed by atoms with Gasteiger partial charge in [-0.15, -0.1) is 10.2 Å². The zero-order chi connectivity index (χ0) is 20.1. The smallest absolute Gasteiger partial charge is 0.280 e. The molecule has 0 fully saturated rings. The number of hydrogen-bond donors (Lipinski definition) is 1. The monoisotopic (exact) mass is 399 g/mol. The topological polar surface area (TPSA) is 140 Å². The number of carbonyl (C=O) groups is 1. The SMILES string of the molecule is CCc1nnc(NC(=O)C(C#N)=CC2=COC(c3ccccc3[N+](=O)[O-])O2)s1. The zero-order valence-electron chi connectivity index (χ0n) is 14.5. The molecule has 0 saturated heterocycles. The molecule has 3 rings (SSSR count). The highest BCUT2D eigenvalue weighted by Crippen LogP contribution is 2.34. The van der Waals surface area contributed by atoms with Gasteiger partial charge in [0.25, 0.3) is 17.9 Å². The fourth-order valence-corrected chi connectivity index (χ4v) is 2.94. The van der Waals surface area contributed by atoms with Crippen LogP contribution in [0, 0.1) is 21.4 Å². The maximum Gasteiger partial charge on any atom is 0.280 e. The molecule has 0 saturated carbocycles. The van der Waals surface area contributed by atoms with Gasteiger partial charge in [0.1, 0.15) is 28.5 Å². The number of amides is 1. The molecule has 10 nitrogen and oxygen atoms in total. The van der Waals surface area contributed by atoms with E-state index < -0.39 is 17.1 Å². The minimum atomic E-state index is -1.05. The van der Waals surface area contributed by atoms with Crippen molar-refractivity contribution in [1.82, 2.24) is 10.2 Å². The number of nitriles is 1. The fraction of sp³-hybridized carbons (Fsp3) is 0.176. The lowest BCUT2D eigenvalue weighted by molar-refractivity contribution is -0.386. The van der Waals surface area contributed by atoms with E-state index >= 15 is 0 Å². The number of para-hydroxylation sites is 1. The van der Waals surface area contributed by atoms with Crippen LogP contribution in [-0.2, 0) is 20.7 Å². The van der Waals surface area contributed by atoms with E-state index in [0.29, 0.717) is 6.42 Å². The number of benzene rings is 1. The molecule has 1 N–H and O–H groups in total. The summed E-state index contributed by atoms with van der Waals surface area (Å²) in [5.41, 5.74) is -0.185. The molecule has 0 radical (unpaired) electrons. The minimum absolute atomic E-state index is 0.0846. The second-order valence-electron chi connectivity index (χ2n) is 5.40. The summed E-state index contributed by atoms with van der Waals surface area (Å²) in [5, 5.41) is 31.6. The van der Waals surface area contributed by atoms with Gasteiger partial charge in [0.2, 0.25) is 5.13 Å². The van der Waals surface area contributed by atoms with Crippen molar-refractivity contribution in [1.29, 1.82) is 5.26 Å². The van der Waals surface area contributed by atoms with Gasteiger partial charge in [-0.3, -0.25) is 20.2 Å². The Morgan fingerprint density at radius 3 is 2.93 bits per heavy atom. The van der Waals surface area contributed by atoms with E-state index in [1.165, 1.54) is 41.9 Å². The number of allylic oxidation sites excluding steroid dienone is 1. The standard InChI is InChI=1S/C17H13N5O5S/c1-2-14-20-21-17(28-14)19-15(23)10(8-18)7-11-9-26-16(27-11)12-5-3-4-6-13(12)22(24)25/h3-7,9,16H,2H2,1H3,(H,19,21,23). The molecule has 2 heterocycles. The molecule has 1 amide bonds. The quantitative estimate of drug-likeness (QED) is 0.338. The van der Waals surface area contributed by atoms with E-state index in [-0.39, 0.29) is 27.7 Å². The van der Waals surface area contributed by atoms with Crippen LogP contribution in [0.15, 0.2) is 47.9 Å². The number of aromatic nitrogens is 2. The van der Waals surface area contributed by atoms with Crippen molar-refractivity contribution in [3.05, 3.63) is 68.6 Å². The van der Waals surface area contributed by atoms with Crippen molar-refractivity contribution >= 4 is 28.1 Å². The third kappa shape index (κ3) is 4.13. The highest BCUT2D eigenvalue weighted by Gasteiger charge is 2.28. The van der Waals surface area contributed by atoms with Gasteiger partial charge >= 0.3 is 0 Å². The molecule has 1 aliphatic rings. The number of nitrogens with zero attached hydrogens (tertiary/aromatic N) is 4. The summed E-state index contributed by atoms with van der Waals surface area (Å²) in [4.78, 5) is 22.8. The Balaban J connectivity index is 1.71. The van der Waals surface area contributed by atoms with E-state index in [9.17, 15) is 20.2 Å². The summed E-state index contributed by atoms with van der Waals surface area (Å²) < 4.78 is 10.8. The van der Waals surface area contributed by atoms with Crippen LogP contribution in [0.4, 0.5) is 10.8 Å². The maximum atomic E-state index is 12.2. The van der Waals surface area contributed by atoms with Crippen molar-refractivity contribution in [3.63, 3.8) is 0 Å². The van der Waals surface area contributed by atoms with E-state index in [1.54, 1.807) is 12.1 Å². The summed E-state index contributed by atoms with van der Waals surface area (Å²) in [6, 6.07) is 7.75. The van der Waals surface area contributed by atoms with Crippen LogP contribution in [0.25, 0.3) is 0 Å². The molecular weight excluding hydrogens is 386 g/mol. The Bertz CT molecular complexity index is 1020. The van der Waals surface area contributed by atoms with Gasteiger partial charge in [-0.25, -0.2) is 0 Å². The van der Waals surface area contributed by atoms with Gasteiger partial charge in [-0.1, -0.05) is 30.4 Å². The van der Waals surface area contributed by atoms with E-state index in [2.05, 4.69) is 15.5 Å². The summed E-state index contributed by atoms with van der Waals surface area (Å²) in [6.45, 7) is 1.91. The summed E-state index contributed by atoms with van der Waals surface area (Å²) >= 11 is 1.21. The molecule has 0 spiro atoms. The van der Waals surface area contributed by atoms with Crippen molar-refractivity contribution in [2.75, 3.05) is 5.32 Å². The number of ether oxygens (including phenoxy) is 2. The van der Waals surface area contributed by atoms with Crippen LogP contribution >= 0.6 is 11.3 Å². The molecule has 0 aliphatic carbocycles. The Morgan fingerprint density at radius 1 is 1.46 bits per heavy atom. The lowest BCUT2D eigenvalue weighted by Crippen LogP contribution is -2.13. The van der Waals surface area contributed by atoms with Crippen LogP contribution < -0.4 is 5.32 Å². The molecule has 1 aromatic carbocycles. The first-order valence-electron chi connectivity index (χ1n) is 8.03. The van der Waals surface area contributed by atoms with E-state index in [4.69, 9.17) is 9.47 Å². The van der Waals surface area contributed by atoms with Crippen molar-refractivity contribution in [2.24, 2.45) is 0 Å². The first kappa shape index (κ1) is 19.0. The number of nitrogens with one attached hydrogen (secondary N) is 1. The van der Waals surface area contributed by atoms with E-state index in [1.807, 2.05) is 6.92 Å². The van der Waals surface area contributed by atoms with Crippen LogP contribution in [0.2, 0.25) is 0 Å². The number of nitro benzene ring substituents is 1. The van der Waals surface area contributed by atoms with Gasteiger partial charge in [-0.2, -0.15) is 5.26 Å². The Kier molecular flexibility index (Phi) is 5.61. The highest BCUT2D eigenvalue weighted by molar-refractivity contribution is 7.15. The first-order chi connectivity index (χ1) is 13.5. The largest absolute Gasteiger partial charge is 0.454 e. The highest BCUT2D eigenvalue weighted by atomic mass is 32.1. The third-order valence-corrected chi connectivity index (χ3v) is 4.56. The summed E-state index contributed by atoms with van der Waals surface area (Å²) in [5.74, 6) is -0.596. The maximum absolute atomic E-state index is 12.2. The normalized spacial score (nSPS) is 15.8. The van der Waals surface area contributed by atoms with Crippen LogP contribution in [0.3, 0.4) is 0 Å². The van der Waals surface area contributed by atoms with Gasteiger partial charge in [-0.05, 0) is 12.5 Å². The Labute approximate surface area is 162 Å². The number of nitro groups is 1. The average Bonchev–Trinajstić information content (AvgIpc) is 3.35. The van der Waals surface area contributed by atoms with Crippen molar-refractivity contribution in [2.45, 2.75) is 19.6 Å². The van der Waals surface area contributed by atoms with Gasteiger partial charge < -0.3 is 9.47 Å². The van der Waals surface area contributed by atoms with Gasteiger partial charge in [0, 0.05) is 12.1 Å². The predicted molar refractivity (Wildman–Crippen MR) is 97.7 cm³/mol. The Morgan fingerprint density at radius 2 is 2.25 bits per heavy atom. The fourth-order valence-electron chi connectivity index (χ4n) is 2.27. The predicted octanol–water partition coefficient (Wildman–Crippen LogP) is 2.98. The molecule has 11 heteroatoms. The summed E-state index contributed by atoms with van der Waals surface area (Å²) in [7, 11) is 0. The number of aryl methyl sites for hydroxylation is 1. The number of rotatable bonds is 6. The van der Waals surface area contributed by atoms with Crippen molar-refractivity contribution in [3.8, 4) is 6.07 Å². The zero-order valence-corrected chi connectivity index (χ0v) is 15.3. The lowest BCUT2D eigenvalue weighted by Gasteiger charge is -2.11. The molecule has 1 unspecified atom stereocenters. The van der Waals surface area contributed by atoms with Crippen molar-refractivity contribution < 1.29 is 19.2 Å². The molecule has 1 atom stereocenters. The van der Waals surface area contributed by atoms with Gasteiger partial charge in [0.15, 0.2) is 5.76 Å². The molecule has 1 aliphatic heterocycles. The minimum Gasteiger partial charge on any atom is -0.454 e.